The number of amides is 3. The van der Waals surface area contributed by atoms with E-state index in [1.807, 2.05) is 31.1 Å². The molecule has 10 nitrogen and oxygen atoms in total. The Balaban J connectivity index is 1.53. The molecule has 2 atom stereocenters. The van der Waals surface area contributed by atoms with Crippen LogP contribution in [0.4, 0.5) is 25.5 Å². The Bertz CT molecular complexity index is 1500. The van der Waals surface area contributed by atoms with Crippen LogP contribution in [0.1, 0.15) is 17.2 Å². The second-order valence-electron chi connectivity index (χ2n) is 8.49. The van der Waals surface area contributed by atoms with Crippen molar-refractivity contribution < 1.29 is 23.5 Å². The predicted molar refractivity (Wildman–Crippen MR) is 137 cm³/mol. The summed E-state index contributed by atoms with van der Waals surface area (Å²) in [5, 5.41) is 1.91. The lowest BCUT2D eigenvalue weighted by Gasteiger charge is -2.32. The molecule has 2 aromatic carbocycles. The minimum atomic E-state index is -1.61. The Kier molecular flexibility index (Phi) is 6.40. The van der Waals surface area contributed by atoms with Crippen molar-refractivity contribution in [3.63, 3.8) is 0 Å². The van der Waals surface area contributed by atoms with Crippen LogP contribution in [0, 0.1) is 5.82 Å². The quantitative estimate of drug-likeness (QED) is 0.217. The van der Waals surface area contributed by atoms with Crippen LogP contribution < -0.4 is 20.7 Å². The van der Waals surface area contributed by atoms with Crippen molar-refractivity contribution in [2.75, 3.05) is 19.0 Å². The summed E-state index contributed by atoms with van der Waals surface area (Å²) in [7, 11) is 2.27. The standard InChI is InChI=1S/C24H20ClFN6O4S/c1-31(2)10-12-3-6-14(7-4-12)36-22(33)19-18-17-20(28-11-29-21(17)37(19)23(27)34)32(24(35)30-18)13-5-8-16(26)15(25)9-13/h3-9,11,18H,10H2,1-2H3,(H2,27,34)(H,30,35). The lowest BCUT2D eigenvalue weighted by molar-refractivity contribution is -0.126. The topological polar surface area (TPSA) is 131 Å². The summed E-state index contributed by atoms with van der Waals surface area (Å²) in [4.78, 5) is 50.7. The molecule has 2 unspecified atom stereocenters. The van der Waals surface area contributed by atoms with Crippen LogP contribution in [0.3, 0.4) is 0 Å². The number of aromatic nitrogens is 2. The fourth-order valence-corrected chi connectivity index (χ4v) is 6.19. The number of carbonyl (C=O) groups excluding carboxylic acids is 3. The van der Waals surface area contributed by atoms with Gasteiger partial charge in [-0.25, -0.2) is 28.8 Å². The molecule has 5 rings (SSSR count). The molecule has 0 spiro atoms. The van der Waals surface area contributed by atoms with Gasteiger partial charge in [0.05, 0.1) is 16.3 Å². The number of nitrogens with one attached hydrogen (secondary N) is 1. The van der Waals surface area contributed by atoms with Gasteiger partial charge in [-0.05, 0) is 60.5 Å². The van der Waals surface area contributed by atoms with Gasteiger partial charge in [-0.15, -0.1) is 0 Å². The highest BCUT2D eigenvalue weighted by atomic mass is 35.5. The Morgan fingerprint density at radius 3 is 2.59 bits per heavy atom. The summed E-state index contributed by atoms with van der Waals surface area (Å²) in [6.45, 7) is 0.706. The van der Waals surface area contributed by atoms with E-state index in [9.17, 15) is 18.8 Å². The average molecular weight is 543 g/mol. The second kappa shape index (κ2) is 9.54. The molecule has 0 saturated carbocycles. The number of nitrogens with zero attached hydrogens (tertiary/aromatic N) is 4. The number of halogens is 2. The van der Waals surface area contributed by atoms with Crippen LogP contribution in [-0.2, 0) is 11.3 Å². The third kappa shape index (κ3) is 4.43. The molecule has 37 heavy (non-hydrogen) atoms. The monoisotopic (exact) mass is 542 g/mol. The molecule has 0 fully saturated rings. The molecule has 0 saturated heterocycles. The van der Waals surface area contributed by atoms with Crippen molar-refractivity contribution >= 4 is 55.7 Å². The van der Waals surface area contributed by atoms with E-state index in [2.05, 4.69) is 15.3 Å². The first-order valence-corrected chi connectivity index (χ1v) is 12.5. The number of hydrogen-bond donors (Lipinski definition) is 2. The molecule has 1 aromatic heterocycles. The zero-order valence-corrected chi connectivity index (χ0v) is 21.1. The summed E-state index contributed by atoms with van der Waals surface area (Å²) < 4.78 is 19.3. The molecule has 3 amide bonds. The van der Waals surface area contributed by atoms with Crippen LogP contribution in [0.15, 0.2) is 53.8 Å². The molecule has 13 heteroatoms. The molecule has 2 aliphatic heterocycles. The molecule has 3 aromatic rings. The maximum Gasteiger partial charge on any atom is 0.348 e. The zero-order chi connectivity index (χ0) is 26.4. The number of urea groups is 1. The highest BCUT2D eigenvalue weighted by Gasteiger charge is 2.47. The van der Waals surface area contributed by atoms with E-state index in [0.29, 0.717) is 12.1 Å². The van der Waals surface area contributed by atoms with Gasteiger partial charge in [0.2, 0.25) is 0 Å². The molecule has 190 valence electrons. The number of carbonyl (C=O) groups is 3. The van der Waals surface area contributed by atoms with Gasteiger partial charge in [0.1, 0.15) is 33.8 Å². The highest BCUT2D eigenvalue weighted by molar-refractivity contribution is 8.29. The largest absolute Gasteiger partial charge is 0.423 e. The van der Waals surface area contributed by atoms with Crippen molar-refractivity contribution in [2.45, 2.75) is 17.6 Å². The van der Waals surface area contributed by atoms with Gasteiger partial charge in [0, 0.05) is 6.54 Å². The van der Waals surface area contributed by atoms with Crippen LogP contribution in [0.25, 0.3) is 0 Å². The van der Waals surface area contributed by atoms with E-state index in [1.54, 1.807) is 12.1 Å². The molecule has 0 bridgehead atoms. The van der Waals surface area contributed by atoms with E-state index in [-0.39, 0.29) is 32.2 Å². The molecule has 2 aliphatic rings. The van der Waals surface area contributed by atoms with Crippen molar-refractivity contribution in [3.05, 3.63) is 70.8 Å². The molecule has 0 aliphatic carbocycles. The average Bonchev–Trinajstić information content (AvgIpc) is 3.18. The fraction of sp³-hybridized carbons (Fsp3) is 0.167. The Morgan fingerprint density at radius 2 is 1.95 bits per heavy atom. The number of nitrogens with two attached hydrogens (primary N) is 1. The maximum absolute atomic E-state index is 13.7. The van der Waals surface area contributed by atoms with E-state index in [1.165, 1.54) is 23.4 Å². The predicted octanol–water partition coefficient (Wildman–Crippen LogP) is 3.73. The van der Waals surface area contributed by atoms with Crippen LogP contribution in [0.5, 0.6) is 5.75 Å². The van der Waals surface area contributed by atoms with E-state index < -0.39 is 39.6 Å². The van der Waals surface area contributed by atoms with Crippen LogP contribution in [-0.4, -0.2) is 51.1 Å². The third-order valence-electron chi connectivity index (χ3n) is 5.67. The fourth-order valence-electron chi connectivity index (χ4n) is 4.19. The van der Waals surface area contributed by atoms with Gasteiger partial charge in [-0.2, -0.15) is 0 Å². The van der Waals surface area contributed by atoms with Gasteiger partial charge < -0.3 is 20.7 Å². The number of benzene rings is 2. The third-order valence-corrected chi connectivity index (χ3v) is 7.92. The normalized spacial score (nSPS) is 18.0. The zero-order valence-electron chi connectivity index (χ0n) is 19.6. The van der Waals surface area contributed by atoms with Crippen LogP contribution >= 0.6 is 22.1 Å². The molecular formula is C24H20ClFN6O4S. The first-order valence-electron chi connectivity index (χ1n) is 10.9. The molecule has 3 N–H and O–H groups in total. The molecular weight excluding hydrogens is 523 g/mol. The van der Waals surface area contributed by atoms with E-state index in [4.69, 9.17) is 22.1 Å². The number of anilines is 2. The minimum Gasteiger partial charge on any atom is -0.423 e. The van der Waals surface area contributed by atoms with Gasteiger partial charge in [-0.3, -0.25) is 4.79 Å². The summed E-state index contributed by atoms with van der Waals surface area (Å²) in [5.41, 5.74) is 7.28. The van der Waals surface area contributed by atoms with Gasteiger partial charge in [0.15, 0.2) is 5.82 Å². The summed E-state index contributed by atoms with van der Waals surface area (Å²) in [6, 6.07) is 8.97. The first-order chi connectivity index (χ1) is 17.7. The van der Waals surface area contributed by atoms with Crippen molar-refractivity contribution in [2.24, 2.45) is 5.73 Å². The first kappa shape index (κ1) is 24.8. The Labute approximate surface area is 218 Å². The highest BCUT2D eigenvalue weighted by Crippen LogP contribution is 2.49. The number of ether oxygens (including phenoxy) is 1. The number of hydrogen-bond acceptors (Lipinski definition) is 7. The minimum absolute atomic E-state index is 0.0493. The van der Waals surface area contributed by atoms with Gasteiger partial charge in [-0.1, -0.05) is 23.7 Å². The summed E-state index contributed by atoms with van der Waals surface area (Å²) in [6.07, 6.45) is 1.17. The summed E-state index contributed by atoms with van der Waals surface area (Å²) >= 11 is 5.93. The lowest BCUT2D eigenvalue weighted by Crippen LogP contribution is -2.48. The summed E-state index contributed by atoms with van der Waals surface area (Å²) in [5.74, 6) is -1.09. The lowest BCUT2D eigenvalue weighted by atomic mass is 10.0. The van der Waals surface area contributed by atoms with Gasteiger partial charge in [0.25, 0.3) is 5.24 Å². The molecule has 0 radical (unpaired) electrons. The SMILES string of the molecule is CN(C)Cc1ccc(OC(=O)C2=S(C(N)=O)c3ncnc4c3C2NC(=O)N4c2ccc(F)c(Cl)c2)cc1. The van der Waals surface area contributed by atoms with Crippen molar-refractivity contribution in [1.29, 1.82) is 0 Å². The number of primary amides is 1. The Morgan fingerprint density at radius 1 is 1.22 bits per heavy atom. The maximum atomic E-state index is 13.7. The van der Waals surface area contributed by atoms with Crippen molar-refractivity contribution in [1.82, 2.24) is 20.2 Å². The second-order valence-corrected chi connectivity index (χ2v) is 10.7. The molecule has 3 heterocycles. The number of rotatable bonds is 5. The smallest absolute Gasteiger partial charge is 0.348 e. The number of esters is 1. The van der Waals surface area contributed by atoms with E-state index in [0.717, 1.165) is 11.6 Å². The van der Waals surface area contributed by atoms with Crippen LogP contribution in [0.2, 0.25) is 5.02 Å². The van der Waals surface area contributed by atoms with E-state index >= 15 is 0 Å². The Hall–Kier alpha value is -3.87. The van der Waals surface area contributed by atoms with Gasteiger partial charge >= 0.3 is 12.0 Å². The van der Waals surface area contributed by atoms with Crippen molar-refractivity contribution in [3.8, 4) is 5.75 Å².